The van der Waals surface area contributed by atoms with E-state index in [0.717, 1.165) is 5.88 Å². The Morgan fingerprint density at radius 3 is 2.21 bits per heavy atom. The molecule has 1 N–H and O–H groups in total. The van der Waals surface area contributed by atoms with Crippen molar-refractivity contribution in [3.05, 3.63) is 12.0 Å². The van der Waals surface area contributed by atoms with Crippen LogP contribution in [0.1, 0.15) is 41.5 Å². The molecule has 0 amide bonds. The van der Waals surface area contributed by atoms with Crippen molar-refractivity contribution in [1.29, 1.82) is 0 Å². The van der Waals surface area contributed by atoms with E-state index >= 15 is 0 Å². The Bertz CT molecular complexity index is 399. The second-order valence-electron chi connectivity index (χ2n) is 7.54. The molecule has 2 aliphatic rings. The van der Waals surface area contributed by atoms with Crippen LogP contribution < -0.4 is 5.32 Å². The molecule has 2 atom stereocenters. The Balaban J connectivity index is 2.01. The maximum Gasteiger partial charge on any atom is 0.214 e. The number of aliphatic imine (C=N–C) groups is 1. The second-order valence-corrected chi connectivity index (χ2v) is 7.54. The lowest BCUT2D eigenvalue weighted by Gasteiger charge is -2.24. The highest BCUT2D eigenvalue weighted by Crippen LogP contribution is 2.27. The highest BCUT2D eigenvalue weighted by molar-refractivity contribution is 5.89. The molecule has 0 radical (unpaired) electrons. The van der Waals surface area contributed by atoms with Crippen LogP contribution >= 0.6 is 0 Å². The maximum atomic E-state index is 5.66. The smallest absolute Gasteiger partial charge is 0.214 e. The van der Waals surface area contributed by atoms with Crippen molar-refractivity contribution in [3.8, 4) is 0 Å². The molecular weight excluding hydrogens is 240 g/mol. The summed E-state index contributed by atoms with van der Waals surface area (Å²) in [6, 6.07) is 0.554. The summed E-state index contributed by atoms with van der Waals surface area (Å²) in [4.78, 5) is 4.61. The van der Waals surface area contributed by atoms with Crippen molar-refractivity contribution in [2.45, 2.75) is 53.6 Å². The standard InChI is InChI=1S/C15H26N2O2/c1-14(2,3)10-8-18-12(16-10)7-13-17-11(9-19-13)15(4,5)6/h7,10-11,16H,8-9H2,1-6H3/b12-7+/t10-,11-/m1/s1. The first-order valence-corrected chi connectivity index (χ1v) is 6.98. The number of ether oxygens (including phenoxy) is 2. The van der Waals surface area contributed by atoms with Gasteiger partial charge in [0, 0.05) is 0 Å². The zero-order valence-corrected chi connectivity index (χ0v) is 12.9. The summed E-state index contributed by atoms with van der Waals surface area (Å²) < 4.78 is 11.3. The fourth-order valence-corrected chi connectivity index (χ4v) is 2.01. The van der Waals surface area contributed by atoms with E-state index in [1.807, 2.05) is 6.08 Å². The van der Waals surface area contributed by atoms with E-state index in [9.17, 15) is 0 Å². The molecule has 1 fully saturated rings. The van der Waals surface area contributed by atoms with Crippen molar-refractivity contribution in [2.75, 3.05) is 13.2 Å². The molecule has 0 aromatic carbocycles. The third kappa shape index (κ3) is 3.43. The third-order valence-electron chi connectivity index (χ3n) is 3.69. The molecule has 0 aliphatic carbocycles. The molecule has 2 aliphatic heterocycles. The van der Waals surface area contributed by atoms with Gasteiger partial charge in [0.25, 0.3) is 0 Å². The minimum atomic E-state index is 0.137. The Kier molecular flexibility index (Phi) is 3.54. The Hall–Kier alpha value is -1.19. The molecule has 0 saturated carbocycles. The number of hydrogen-bond acceptors (Lipinski definition) is 4. The van der Waals surface area contributed by atoms with Crippen molar-refractivity contribution < 1.29 is 9.47 Å². The number of nitrogens with one attached hydrogen (secondary N) is 1. The highest BCUT2D eigenvalue weighted by atomic mass is 16.5. The average Bonchev–Trinajstić information content (AvgIpc) is 2.84. The molecule has 4 heteroatoms. The molecule has 1 saturated heterocycles. The molecule has 19 heavy (non-hydrogen) atoms. The van der Waals surface area contributed by atoms with Gasteiger partial charge in [-0.3, -0.25) is 0 Å². The number of hydrogen-bond donors (Lipinski definition) is 1. The van der Waals surface area contributed by atoms with Crippen LogP contribution in [0.3, 0.4) is 0 Å². The van der Waals surface area contributed by atoms with E-state index in [1.165, 1.54) is 0 Å². The fraction of sp³-hybridized carbons (Fsp3) is 0.800. The van der Waals surface area contributed by atoms with E-state index in [2.05, 4.69) is 51.9 Å². The molecular formula is C15H26N2O2. The lowest BCUT2D eigenvalue weighted by Crippen LogP contribution is -2.36. The van der Waals surface area contributed by atoms with E-state index in [4.69, 9.17) is 9.47 Å². The van der Waals surface area contributed by atoms with Gasteiger partial charge in [-0.25, -0.2) is 4.99 Å². The molecule has 2 heterocycles. The van der Waals surface area contributed by atoms with Gasteiger partial charge in [0.15, 0.2) is 5.88 Å². The Labute approximate surface area is 116 Å². The van der Waals surface area contributed by atoms with Gasteiger partial charge in [0.05, 0.1) is 18.2 Å². The summed E-state index contributed by atoms with van der Waals surface area (Å²) in [5.74, 6) is 1.45. The predicted octanol–water partition coefficient (Wildman–Crippen LogP) is 2.71. The van der Waals surface area contributed by atoms with Crippen molar-refractivity contribution >= 4 is 5.90 Å². The Morgan fingerprint density at radius 1 is 1.05 bits per heavy atom. The van der Waals surface area contributed by atoms with Crippen molar-refractivity contribution in [2.24, 2.45) is 15.8 Å². The molecule has 4 nitrogen and oxygen atoms in total. The maximum absolute atomic E-state index is 5.66. The van der Waals surface area contributed by atoms with Crippen LogP contribution in [0.25, 0.3) is 0 Å². The largest absolute Gasteiger partial charge is 0.477 e. The van der Waals surface area contributed by atoms with Gasteiger partial charge in [0.1, 0.15) is 13.2 Å². The lowest BCUT2D eigenvalue weighted by molar-refractivity contribution is 0.214. The van der Waals surface area contributed by atoms with Crippen molar-refractivity contribution in [1.82, 2.24) is 5.32 Å². The monoisotopic (exact) mass is 266 g/mol. The Morgan fingerprint density at radius 2 is 1.74 bits per heavy atom. The zero-order chi connectivity index (χ0) is 14.3. The lowest BCUT2D eigenvalue weighted by atomic mass is 9.88. The number of rotatable bonds is 1. The summed E-state index contributed by atoms with van der Waals surface area (Å²) >= 11 is 0. The summed E-state index contributed by atoms with van der Waals surface area (Å²) in [6.07, 6.45) is 1.87. The van der Waals surface area contributed by atoms with Gasteiger partial charge >= 0.3 is 0 Å². The van der Waals surface area contributed by atoms with E-state index < -0.39 is 0 Å². The summed E-state index contributed by atoms with van der Waals surface area (Å²) in [5, 5.41) is 3.39. The van der Waals surface area contributed by atoms with Crippen LogP contribution in [0.2, 0.25) is 0 Å². The van der Waals surface area contributed by atoms with Crippen LogP contribution in [0.5, 0.6) is 0 Å². The predicted molar refractivity (Wildman–Crippen MR) is 77.0 cm³/mol. The third-order valence-corrected chi connectivity index (χ3v) is 3.69. The molecule has 2 rings (SSSR count). The second kappa shape index (κ2) is 4.73. The van der Waals surface area contributed by atoms with Gasteiger partial charge in [-0.2, -0.15) is 0 Å². The first kappa shape index (κ1) is 14.2. The topological polar surface area (TPSA) is 42.8 Å². The summed E-state index contributed by atoms with van der Waals surface area (Å²) in [7, 11) is 0. The van der Waals surface area contributed by atoms with Gasteiger partial charge in [-0.05, 0) is 10.8 Å². The highest BCUT2D eigenvalue weighted by Gasteiger charge is 2.33. The fourth-order valence-electron chi connectivity index (χ4n) is 2.01. The van der Waals surface area contributed by atoms with Gasteiger partial charge < -0.3 is 14.8 Å². The van der Waals surface area contributed by atoms with Gasteiger partial charge in [-0.15, -0.1) is 0 Å². The molecule has 0 unspecified atom stereocenters. The van der Waals surface area contributed by atoms with Gasteiger partial charge in [0.2, 0.25) is 5.90 Å². The van der Waals surface area contributed by atoms with Crippen LogP contribution in [-0.2, 0) is 9.47 Å². The minimum Gasteiger partial charge on any atom is -0.477 e. The SMILES string of the molecule is CC(C)(C)[C@H]1COC(/C=C2\N[C@@H](C(C)(C)C)CO2)=N1. The quantitative estimate of drug-likeness (QED) is 0.793. The summed E-state index contributed by atoms with van der Waals surface area (Å²) in [5.41, 5.74) is 0.319. The van der Waals surface area contributed by atoms with Gasteiger partial charge in [-0.1, -0.05) is 41.5 Å². The first-order valence-electron chi connectivity index (χ1n) is 6.98. The van der Waals surface area contributed by atoms with Crippen LogP contribution in [0.15, 0.2) is 17.0 Å². The van der Waals surface area contributed by atoms with Crippen LogP contribution in [-0.4, -0.2) is 31.2 Å². The first-order chi connectivity index (χ1) is 8.66. The molecule has 108 valence electrons. The number of nitrogens with zero attached hydrogens (tertiary/aromatic N) is 1. The zero-order valence-electron chi connectivity index (χ0n) is 12.9. The van der Waals surface area contributed by atoms with E-state index in [1.54, 1.807) is 0 Å². The molecule has 0 spiro atoms. The van der Waals surface area contributed by atoms with Crippen LogP contribution in [0, 0.1) is 10.8 Å². The molecule has 0 aromatic heterocycles. The minimum absolute atomic E-state index is 0.137. The molecule has 0 aromatic rings. The molecule has 0 bridgehead atoms. The van der Waals surface area contributed by atoms with Crippen LogP contribution in [0.4, 0.5) is 0 Å². The van der Waals surface area contributed by atoms with Crippen molar-refractivity contribution in [3.63, 3.8) is 0 Å². The van der Waals surface area contributed by atoms with E-state index in [-0.39, 0.29) is 16.9 Å². The average molecular weight is 266 g/mol. The normalized spacial score (nSPS) is 29.8. The summed E-state index contributed by atoms with van der Waals surface area (Å²) in [6.45, 7) is 14.5. The van der Waals surface area contributed by atoms with E-state index in [0.29, 0.717) is 25.2 Å².